The first kappa shape index (κ1) is 15.7. The lowest BCUT2D eigenvalue weighted by molar-refractivity contribution is -0.383. The van der Waals surface area contributed by atoms with Crippen molar-refractivity contribution < 1.29 is 9.66 Å². The minimum atomic E-state index is -0.407. The number of aromatic nitrogens is 1. The molecule has 3 rings (SSSR count). The molecule has 5 heteroatoms. The van der Waals surface area contributed by atoms with Crippen molar-refractivity contribution in [1.29, 1.82) is 0 Å². The number of benzene rings is 2. The van der Waals surface area contributed by atoms with Gasteiger partial charge in [0.05, 0.1) is 17.7 Å². The number of non-ortho nitro benzene ring substituents is 1. The monoisotopic (exact) mass is 320 g/mol. The summed E-state index contributed by atoms with van der Waals surface area (Å²) in [7, 11) is 1.64. The Bertz CT molecular complexity index is 948. The van der Waals surface area contributed by atoms with Crippen molar-refractivity contribution in [3.05, 3.63) is 75.5 Å². The second kappa shape index (κ2) is 6.50. The Morgan fingerprint density at radius 1 is 1.12 bits per heavy atom. The van der Waals surface area contributed by atoms with Crippen molar-refractivity contribution in [3.8, 4) is 5.75 Å². The molecule has 0 saturated carbocycles. The molecule has 0 aliphatic carbocycles. The first-order valence-corrected chi connectivity index (χ1v) is 7.45. The largest absolute Gasteiger partial charge is 0.496 e. The quantitative estimate of drug-likeness (QED) is 0.519. The summed E-state index contributed by atoms with van der Waals surface area (Å²) in [4.78, 5) is 15.1. The van der Waals surface area contributed by atoms with Crippen LogP contribution in [0.3, 0.4) is 0 Å². The van der Waals surface area contributed by atoms with Crippen molar-refractivity contribution in [1.82, 2.24) is 4.98 Å². The van der Waals surface area contributed by atoms with Gasteiger partial charge in [-0.3, -0.25) is 10.1 Å². The molecule has 0 saturated heterocycles. The normalized spacial score (nSPS) is 11.1. The minimum Gasteiger partial charge on any atom is -0.496 e. The molecular weight excluding hydrogens is 304 g/mol. The molecule has 0 spiro atoms. The number of aryl methyl sites for hydroxylation is 1. The summed E-state index contributed by atoms with van der Waals surface area (Å²) in [6, 6.07) is 14.5. The van der Waals surface area contributed by atoms with Gasteiger partial charge in [0.15, 0.2) is 0 Å². The van der Waals surface area contributed by atoms with E-state index in [1.54, 1.807) is 13.2 Å². The number of hydrogen-bond donors (Lipinski definition) is 0. The fourth-order valence-corrected chi connectivity index (χ4v) is 2.57. The first-order valence-electron chi connectivity index (χ1n) is 7.45. The van der Waals surface area contributed by atoms with Crippen LogP contribution in [-0.2, 0) is 0 Å². The molecule has 0 unspecified atom stereocenters. The van der Waals surface area contributed by atoms with E-state index in [1.807, 2.05) is 55.5 Å². The highest BCUT2D eigenvalue weighted by Gasteiger charge is 2.12. The van der Waals surface area contributed by atoms with Gasteiger partial charge in [-0.2, -0.15) is 0 Å². The maximum absolute atomic E-state index is 11.1. The molecule has 1 aromatic heterocycles. The number of pyridine rings is 1. The van der Waals surface area contributed by atoms with E-state index in [2.05, 4.69) is 4.98 Å². The second-order valence-corrected chi connectivity index (χ2v) is 5.40. The van der Waals surface area contributed by atoms with Crippen molar-refractivity contribution in [2.75, 3.05) is 7.11 Å². The van der Waals surface area contributed by atoms with Crippen LogP contribution in [0.4, 0.5) is 5.69 Å². The predicted molar refractivity (Wildman–Crippen MR) is 95.1 cm³/mol. The fraction of sp³-hybridized carbons (Fsp3) is 0.105. The molecule has 0 fully saturated rings. The molecule has 0 amide bonds. The number of nitrogens with zero attached hydrogens (tertiary/aromatic N) is 2. The molecule has 2 aromatic carbocycles. The molecule has 0 bridgehead atoms. The van der Waals surface area contributed by atoms with Crippen molar-refractivity contribution in [2.24, 2.45) is 0 Å². The standard InChI is InChI=1S/C19H16N2O3/c1-13-12-14(7-11-18(13)24-2)6-9-16-10-8-15-4-3-5-17(21(22)23)19(15)20-16/h3-12H,1-2H3/b9-6+. The van der Waals surface area contributed by atoms with E-state index >= 15 is 0 Å². The van der Waals surface area contributed by atoms with Crippen LogP contribution in [-0.4, -0.2) is 17.0 Å². The van der Waals surface area contributed by atoms with Gasteiger partial charge in [-0.05, 0) is 42.3 Å². The Labute approximate surface area is 139 Å². The van der Waals surface area contributed by atoms with E-state index in [4.69, 9.17) is 4.74 Å². The summed E-state index contributed by atoms with van der Waals surface area (Å²) in [5, 5.41) is 11.9. The fourth-order valence-electron chi connectivity index (χ4n) is 2.57. The van der Waals surface area contributed by atoms with Gasteiger partial charge in [0.1, 0.15) is 11.3 Å². The van der Waals surface area contributed by atoms with Gasteiger partial charge in [0.25, 0.3) is 5.69 Å². The zero-order chi connectivity index (χ0) is 17.1. The molecule has 0 N–H and O–H groups in total. The average Bonchev–Trinajstić information content (AvgIpc) is 2.59. The minimum absolute atomic E-state index is 0.0167. The van der Waals surface area contributed by atoms with Crippen LogP contribution in [0.5, 0.6) is 5.75 Å². The smallest absolute Gasteiger partial charge is 0.295 e. The summed E-state index contributed by atoms with van der Waals surface area (Å²) in [5.74, 6) is 0.839. The summed E-state index contributed by atoms with van der Waals surface area (Å²) in [6.45, 7) is 1.98. The summed E-state index contributed by atoms with van der Waals surface area (Å²) in [5.41, 5.74) is 3.14. The van der Waals surface area contributed by atoms with Gasteiger partial charge in [-0.25, -0.2) is 4.98 Å². The van der Waals surface area contributed by atoms with E-state index in [0.29, 0.717) is 11.2 Å². The lowest BCUT2D eigenvalue weighted by atomic mass is 10.1. The molecule has 0 radical (unpaired) electrons. The number of hydrogen-bond acceptors (Lipinski definition) is 4. The van der Waals surface area contributed by atoms with E-state index in [9.17, 15) is 10.1 Å². The zero-order valence-corrected chi connectivity index (χ0v) is 13.4. The van der Waals surface area contributed by atoms with E-state index in [-0.39, 0.29) is 5.69 Å². The Morgan fingerprint density at radius 2 is 1.96 bits per heavy atom. The molecule has 1 heterocycles. The Hall–Kier alpha value is -3.21. The number of nitro benzene ring substituents is 1. The number of ether oxygens (including phenoxy) is 1. The summed E-state index contributed by atoms with van der Waals surface area (Å²) in [6.07, 6.45) is 3.77. The van der Waals surface area contributed by atoms with Gasteiger partial charge < -0.3 is 4.74 Å². The van der Waals surface area contributed by atoms with Crippen molar-refractivity contribution in [3.63, 3.8) is 0 Å². The van der Waals surface area contributed by atoms with Crippen LogP contribution >= 0.6 is 0 Å². The van der Waals surface area contributed by atoms with Gasteiger partial charge >= 0.3 is 0 Å². The van der Waals surface area contributed by atoms with Crippen LogP contribution < -0.4 is 4.74 Å². The third-order valence-electron chi connectivity index (χ3n) is 3.78. The molecule has 0 atom stereocenters. The van der Waals surface area contributed by atoms with Gasteiger partial charge in [-0.15, -0.1) is 0 Å². The zero-order valence-electron chi connectivity index (χ0n) is 13.4. The van der Waals surface area contributed by atoms with Gasteiger partial charge in [-0.1, -0.05) is 30.3 Å². The topological polar surface area (TPSA) is 65.3 Å². The SMILES string of the molecule is COc1ccc(/C=C/c2ccc3cccc([N+](=O)[O-])c3n2)cc1C. The van der Waals surface area contributed by atoms with Gasteiger partial charge in [0.2, 0.25) is 0 Å². The number of nitro groups is 1. The number of methoxy groups -OCH3 is 1. The highest BCUT2D eigenvalue weighted by Crippen LogP contribution is 2.24. The van der Waals surface area contributed by atoms with Gasteiger partial charge in [0, 0.05) is 11.5 Å². The highest BCUT2D eigenvalue weighted by molar-refractivity contribution is 5.88. The van der Waals surface area contributed by atoms with E-state index < -0.39 is 4.92 Å². The van der Waals surface area contributed by atoms with Crippen LogP contribution in [0.1, 0.15) is 16.8 Å². The maximum atomic E-state index is 11.1. The highest BCUT2D eigenvalue weighted by atomic mass is 16.6. The molecule has 120 valence electrons. The molecule has 0 aliphatic rings. The van der Waals surface area contributed by atoms with Crippen LogP contribution in [0, 0.1) is 17.0 Å². The molecule has 3 aromatic rings. The third kappa shape index (κ3) is 3.10. The molecule has 24 heavy (non-hydrogen) atoms. The number of rotatable bonds is 4. The van der Waals surface area contributed by atoms with E-state index in [1.165, 1.54) is 6.07 Å². The molecular formula is C19H16N2O3. The average molecular weight is 320 g/mol. The molecule has 0 aliphatic heterocycles. The maximum Gasteiger partial charge on any atom is 0.295 e. The van der Waals surface area contributed by atoms with E-state index in [0.717, 1.165) is 22.3 Å². The lowest BCUT2D eigenvalue weighted by Crippen LogP contribution is -1.92. The van der Waals surface area contributed by atoms with Crippen LogP contribution in [0.15, 0.2) is 48.5 Å². The number of para-hydroxylation sites is 1. The third-order valence-corrected chi connectivity index (χ3v) is 3.78. The van der Waals surface area contributed by atoms with Crippen LogP contribution in [0.25, 0.3) is 23.1 Å². The molecule has 5 nitrogen and oxygen atoms in total. The Balaban J connectivity index is 1.96. The van der Waals surface area contributed by atoms with Crippen LogP contribution in [0.2, 0.25) is 0 Å². The number of fused-ring (bicyclic) bond motifs is 1. The first-order chi connectivity index (χ1) is 11.6. The summed E-state index contributed by atoms with van der Waals surface area (Å²) < 4.78 is 5.25. The Kier molecular flexibility index (Phi) is 4.24. The van der Waals surface area contributed by atoms with Crippen molar-refractivity contribution >= 4 is 28.7 Å². The second-order valence-electron chi connectivity index (χ2n) is 5.40. The Morgan fingerprint density at radius 3 is 2.67 bits per heavy atom. The summed E-state index contributed by atoms with van der Waals surface area (Å²) >= 11 is 0. The van der Waals surface area contributed by atoms with Crippen molar-refractivity contribution in [2.45, 2.75) is 6.92 Å². The lowest BCUT2D eigenvalue weighted by Gasteiger charge is -2.04. The predicted octanol–water partition coefficient (Wildman–Crippen LogP) is 4.63.